The molecule has 0 amide bonds. The van der Waals surface area contributed by atoms with E-state index in [9.17, 15) is 0 Å². The predicted molar refractivity (Wildman–Crippen MR) is 68.8 cm³/mol. The number of thiophene rings is 1. The van der Waals surface area contributed by atoms with Crippen molar-refractivity contribution in [2.45, 2.75) is 19.9 Å². The fourth-order valence-corrected chi connectivity index (χ4v) is 2.70. The normalized spacial score (nSPS) is 12.6. The second-order valence-electron chi connectivity index (χ2n) is 3.79. The van der Waals surface area contributed by atoms with Crippen molar-refractivity contribution in [3.8, 4) is 0 Å². The molecule has 0 saturated heterocycles. The van der Waals surface area contributed by atoms with Crippen molar-refractivity contribution in [1.82, 2.24) is 10.3 Å². The second kappa shape index (κ2) is 5.23. The van der Waals surface area contributed by atoms with E-state index in [1.165, 1.54) is 16.7 Å². The summed E-state index contributed by atoms with van der Waals surface area (Å²) in [6, 6.07) is 4.38. The van der Waals surface area contributed by atoms with Crippen molar-refractivity contribution >= 4 is 11.3 Å². The first kappa shape index (κ1) is 11.3. The van der Waals surface area contributed by atoms with Crippen LogP contribution >= 0.6 is 11.3 Å². The van der Waals surface area contributed by atoms with Gasteiger partial charge in [-0.05, 0) is 47.0 Å². The van der Waals surface area contributed by atoms with Crippen molar-refractivity contribution in [2.75, 3.05) is 6.54 Å². The largest absolute Gasteiger partial charge is 0.306 e. The Bertz CT molecular complexity index is 436. The maximum Gasteiger partial charge on any atom is 0.0602 e. The molecule has 2 aromatic heterocycles. The van der Waals surface area contributed by atoms with Gasteiger partial charge >= 0.3 is 0 Å². The molecule has 2 heterocycles. The molecule has 1 atom stereocenters. The maximum absolute atomic E-state index is 4.19. The minimum atomic E-state index is 0.268. The highest BCUT2D eigenvalue weighted by molar-refractivity contribution is 7.08. The number of pyridine rings is 1. The van der Waals surface area contributed by atoms with Gasteiger partial charge < -0.3 is 5.32 Å². The summed E-state index contributed by atoms with van der Waals surface area (Å²) in [5.74, 6) is 0. The first-order valence-corrected chi connectivity index (χ1v) is 6.43. The molecule has 0 spiro atoms. The van der Waals surface area contributed by atoms with Gasteiger partial charge in [0.15, 0.2) is 0 Å². The average Bonchev–Trinajstić information content (AvgIpc) is 2.73. The Balaban J connectivity index is 2.35. The van der Waals surface area contributed by atoms with E-state index >= 15 is 0 Å². The molecule has 1 N–H and O–H groups in total. The first-order valence-electron chi connectivity index (χ1n) is 5.49. The summed E-state index contributed by atoms with van der Waals surface area (Å²) in [7, 11) is 0. The zero-order chi connectivity index (χ0) is 11.4. The quantitative estimate of drug-likeness (QED) is 0.876. The van der Waals surface area contributed by atoms with Crippen molar-refractivity contribution < 1.29 is 0 Å². The summed E-state index contributed by atoms with van der Waals surface area (Å²) in [5, 5.41) is 7.92. The fourth-order valence-electron chi connectivity index (χ4n) is 1.82. The molecule has 0 bridgehead atoms. The minimum absolute atomic E-state index is 0.268. The molecule has 3 heteroatoms. The summed E-state index contributed by atoms with van der Waals surface area (Å²) < 4.78 is 0. The van der Waals surface area contributed by atoms with Crippen LogP contribution in [0.2, 0.25) is 0 Å². The van der Waals surface area contributed by atoms with Gasteiger partial charge in [0.25, 0.3) is 0 Å². The number of rotatable bonds is 4. The molecule has 16 heavy (non-hydrogen) atoms. The van der Waals surface area contributed by atoms with Crippen LogP contribution in [0, 0.1) is 6.92 Å². The molecule has 0 radical (unpaired) electrons. The summed E-state index contributed by atoms with van der Waals surface area (Å²) >= 11 is 1.75. The molecule has 0 aromatic carbocycles. The second-order valence-corrected chi connectivity index (χ2v) is 4.53. The van der Waals surface area contributed by atoms with Gasteiger partial charge in [0, 0.05) is 12.4 Å². The highest BCUT2D eigenvalue weighted by Crippen LogP contribution is 2.26. The van der Waals surface area contributed by atoms with Gasteiger partial charge in [-0.1, -0.05) is 13.0 Å². The van der Waals surface area contributed by atoms with Crippen LogP contribution in [0.5, 0.6) is 0 Å². The number of nitrogens with one attached hydrogen (secondary N) is 1. The summed E-state index contributed by atoms with van der Waals surface area (Å²) in [6.07, 6.45) is 3.75. The standard InChI is InChI=1S/C13H16N2S/c1-3-15-13(11-5-4-6-14-7-11)12-9-16-8-10(12)2/h4-9,13,15H,3H2,1-2H3. The lowest BCUT2D eigenvalue weighted by Gasteiger charge is -2.18. The minimum Gasteiger partial charge on any atom is -0.306 e. The Hall–Kier alpha value is -1.19. The lowest BCUT2D eigenvalue weighted by Crippen LogP contribution is -2.22. The van der Waals surface area contributed by atoms with Crippen LogP contribution in [0.25, 0.3) is 0 Å². The van der Waals surface area contributed by atoms with Gasteiger partial charge in [-0.3, -0.25) is 4.98 Å². The molecule has 84 valence electrons. The van der Waals surface area contributed by atoms with E-state index in [4.69, 9.17) is 0 Å². The van der Waals surface area contributed by atoms with E-state index in [1.807, 2.05) is 18.5 Å². The van der Waals surface area contributed by atoms with E-state index in [0.29, 0.717) is 0 Å². The van der Waals surface area contributed by atoms with Crippen LogP contribution in [0.15, 0.2) is 35.3 Å². The zero-order valence-corrected chi connectivity index (χ0v) is 10.4. The molecule has 2 nitrogen and oxygen atoms in total. The smallest absolute Gasteiger partial charge is 0.0602 e. The Labute approximate surface area is 100 Å². The third-order valence-corrected chi connectivity index (χ3v) is 3.51. The van der Waals surface area contributed by atoms with E-state index < -0.39 is 0 Å². The van der Waals surface area contributed by atoms with Gasteiger partial charge in [0.1, 0.15) is 0 Å². The van der Waals surface area contributed by atoms with Crippen LogP contribution < -0.4 is 5.32 Å². The van der Waals surface area contributed by atoms with E-state index in [1.54, 1.807) is 11.3 Å². The molecular formula is C13H16N2S. The molecule has 0 aliphatic heterocycles. The first-order chi connectivity index (χ1) is 7.83. The molecule has 2 aromatic rings. The molecule has 0 saturated carbocycles. The zero-order valence-electron chi connectivity index (χ0n) is 9.60. The SMILES string of the molecule is CCNC(c1cccnc1)c1cscc1C. The molecule has 0 aliphatic carbocycles. The lowest BCUT2D eigenvalue weighted by atomic mass is 10.00. The molecule has 0 aliphatic rings. The molecule has 1 unspecified atom stereocenters. The number of hydrogen-bond donors (Lipinski definition) is 1. The van der Waals surface area contributed by atoms with Crippen molar-refractivity contribution in [1.29, 1.82) is 0 Å². The van der Waals surface area contributed by atoms with Crippen molar-refractivity contribution in [3.63, 3.8) is 0 Å². The maximum atomic E-state index is 4.19. The molecule has 2 rings (SSSR count). The Morgan fingerprint density at radius 2 is 2.31 bits per heavy atom. The highest BCUT2D eigenvalue weighted by Gasteiger charge is 2.15. The monoisotopic (exact) mass is 232 g/mol. The number of nitrogens with zero attached hydrogens (tertiary/aromatic N) is 1. The Kier molecular flexibility index (Phi) is 3.70. The van der Waals surface area contributed by atoms with E-state index in [0.717, 1.165) is 6.54 Å². The van der Waals surface area contributed by atoms with Gasteiger partial charge in [0.05, 0.1) is 6.04 Å². The highest BCUT2D eigenvalue weighted by atomic mass is 32.1. The summed E-state index contributed by atoms with van der Waals surface area (Å²) in [6.45, 7) is 5.24. The molecular weight excluding hydrogens is 216 g/mol. The number of aromatic nitrogens is 1. The van der Waals surface area contributed by atoms with Crippen LogP contribution in [0.3, 0.4) is 0 Å². The van der Waals surface area contributed by atoms with E-state index in [2.05, 4.69) is 41.0 Å². The van der Waals surface area contributed by atoms with Crippen molar-refractivity contribution in [3.05, 3.63) is 52.0 Å². The van der Waals surface area contributed by atoms with Crippen LogP contribution in [-0.4, -0.2) is 11.5 Å². The third kappa shape index (κ3) is 2.31. The Morgan fingerprint density at radius 3 is 2.88 bits per heavy atom. The van der Waals surface area contributed by atoms with Crippen LogP contribution in [0.1, 0.15) is 29.7 Å². The topological polar surface area (TPSA) is 24.9 Å². The third-order valence-electron chi connectivity index (χ3n) is 2.63. The fraction of sp³-hybridized carbons (Fsp3) is 0.308. The van der Waals surface area contributed by atoms with Crippen LogP contribution in [-0.2, 0) is 0 Å². The number of aryl methyl sites for hydroxylation is 1. The van der Waals surface area contributed by atoms with Gasteiger partial charge in [-0.25, -0.2) is 0 Å². The lowest BCUT2D eigenvalue weighted by molar-refractivity contribution is 0.628. The van der Waals surface area contributed by atoms with Crippen molar-refractivity contribution in [2.24, 2.45) is 0 Å². The average molecular weight is 232 g/mol. The predicted octanol–water partition coefficient (Wildman–Crippen LogP) is 3.15. The molecule has 0 fully saturated rings. The van der Waals surface area contributed by atoms with Gasteiger partial charge in [-0.2, -0.15) is 11.3 Å². The van der Waals surface area contributed by atoms with Gasteiger partial charge in [0.2, 0.25) is 0 Å². The Morgan fingerprint density at radius 1 is 1.44 bits per heavy atom. The summed E-state index contributed by atoms with van der Waals surface area (Å²) in [5.41, 5.74) is 3.94. The summed E-state index contributed by atoms with van der Waals surface area (Å²) in [4.78, 5) is 4.19. The van der Waals surface area contributed by atoms with Gasteiger partial charge in [-0.15, -0.1) is 0 Å². The van der Waals surface area contributed by atoms with E-state index in [-0.39, 0.29) is 6.04 Å². The number of hydrogen-bond acceptors (Lipinski definition) is 3. The van der Waals surface area contributed by atoms with Crippen LogP contribution in [0.4, 0.5) is 0 Å².